The fraction of sp³-hybridized carbons (Fsp3) is 0.412. The lowest BCUT2D eigenvalue weighted by molar-refractivity contribution is -0.383. The first kappa shape index (κ1) is 17.7. The van der Waals surface area contributed by atoms with Crippen molar-refractivity contribution in [1.29, 1.82) is 0 Å². The molecule has 0 amide bonds. The average molecular weight is 358 g/mol. The Kier molecular flexibility index (Phi) is 5.06. The molecule has 0 spiro atoms. The number of nitrogens with zero attached hydrogens (tertiary/aromatic N) is 4. The van der Waals surface area contributed by atoms with Gasteiger partial charge in [0.2, 0.25) is 17.6 Å². The van der Waals surface area contributed by atoms with Gasteiger partial charge in [-0.3, -0.25) is 10.1 Å². The van der Waals surface area contributed by atoms with E-state index in [2.05, 4.69) is 22.2 Å². The molecule has 0 aliphatic carbocycles. The van der Waals surface area contributed by atoms with Gasteiger partial charge in [0.25, 0.3) is 0 Å². The second kappa shape index (κ2) is 7.42. The van der Waals surface area contributed by atoms with Crippen LogP contribution < -0.4 is 20.7 Å². The maximum absolute atomic E-state index is 11.5. The molecule has 0 bridgehead atoms. The van der Waals surface area contributed by atoms with Gasteiger partial charge in [-0.2, -0.15) is 9.97 Å². The van der Waals surface area contributed by atoms with Crippen LogP contribution in [0.15, 0.2) is 24.3 Å². The number of nitrogens with one attached hydrogen (secondary N) is 1. The summed E-state index contributed by atoms with van der Waals surface area (Å²) in [4.78, 5) is 21.5. The van der Waals surface area contributed by atoms with E-state index in [0.29, 0.717) is 23.3 Å². The number of anilines is 4. The number of aromatic nitrogens is 2. The molecule has 1 aliphatic heterocycles. The molecular weight excluding hydrogens is 336 g/mol. The molecular formula is C17H22N6O3. The van der Waals surface area contributed by atoms with Crippen LogP contribution in [-0.4, -0.2) is 35.1 Å². The van der Waals surface area contributed by atoms with Crippen molar-refractivity contribution in [3.8, 4) is 5.75 Å². The smallest absolute Gasteiger partial charge is 0.353 e. The predicted octanol–water partition coefficient (Wildman–Crippen LogP) is 2.96. The highest BCUT2D eigenvalue weighted by molar-refractivity contribution is 5.76. The Morgan fingerprint density at radius 1 is 1.38 bits per heavy atom. The number of benzene rings is 1. The molecule has 3 rings (SSSR count). The molecule has 2 heterocycles. The van der Waals surface area contributed by atoms with Crippen molar-refractivity contribution in [2.45, 2.75) is 19.8 Å². The Morgan fingerprint density at radius 2 is 2.15 bits per heavy atom. The summed E-state index contributed by atoms with van der Waals surface area (Å²) in [6, 6.07) is 7.12. The highest BCUT2D eigenvalue weighted by Gasteiger charge is 2.27. The standard InChI is InChI=1S/C17H22N6O3/c1-11-6-5-9-22(10-11)17-20-15(18)14(23(24)25)16(21-17)19-12-7-3-4-8-13(12)26-2/h3-4,7-8,11H,5-6,9-10H2,1-2H3,(H3,18,19,20,21)/t11-/m0/s1. The van der Waals surface area contributed by atoms with E-state index in [4.69, 9.17) is 10.5 Å². The largest absolute Gasteiger partial charge is 0.495 e. The fourth-order valence-corrected chi connectivity index (χ4v) is 3.12. The number of nitrogen functional groups attached to an aromatic ring is 1. The van der Waals surface area contributed by atoms with Crippen molar-refractivity contribution in [2.24, 2.45) is 5.92 Å². The molecule has 9 heteroatoms. The third-order valence-corrected chi connectivity index (χ3v) is 4.38. The number of nitrogens with two attached hydrogens (primary N) is 1. The van der Waals surface area contributed by atoms with Gasteiger partial charge in [0.05, 0.1) is 17.7 Å². The van der Waals surface area contributed by atoms with E-state index in [0.717, 1.165) is 25.9 Å². The van der Waals surface area contributed by atoms with Gasteiger partial charge < -0.3 is 20.7 Å². The lowest BCUT2D eigenvalue weighted by Crippen LogP contribution is -2.35. The monoisotopic (exact) mass is 358 g/mol. The molecule has 138 valence electrons. The van der Waals surface area contributed by atoms with Crippen LogP contribution in [0.3, 0.4) is 0 Å². The molecule has 26 heavy (non-hydrogen) atoms. The van der Waals surface area contributed by atoms with Gasteiger partial charge in [-0.1, -0.05) is 19.1 Å². The Morgan fingerprint density at radius 3 is 2.85 bits per heavy atom. The van der Waals surface area contributed by atoms with E-state index >= 15 is 0 Å². The van der Waals surface area contributed by atoms with Crippen LogP contribution in [0.4, 0.5) is 29.0 Å². The molecule has 1 atom stereocenters. The molecule has 0 unspecified atom stereocenters. The highest BCUT2D eigenvalue weighted by atomic mass is 16.6. The summed E-state index contributed by atoms with van der Waals surface area (Å²) in [6.45, 7) is 3.76. The number of rotatable bonds is 5. The van der Waals surface area contributed by atoms with E-state index in [1.54, 1.807) is 18.2 Å². The van der Waals surface area contributed by atoms with Crippen LogP contribution in [-0.2, 0) is 0 Å². The molecule has 9 nitrogen and oxygen atoms in total. The van der Waals surface area contributed by atoms with Crippen molar-refractivity contribution < 1.29 is 9.66 Å². The minimum absolute atomic E-state index is 0.0558. The topological polar surface area (TPSA) is 119 Å². The van der Waals surface area contributed by atoms with Crippen LogP contribution in [0.5, 0.6) is 5.75 Å². The second-order valence-corrected chi connectivity index (χ2v) is 6.38. The van der Waals surface area contributed by atoms with Gasteiger partial charge in [-0.15, -0.1) is 0 Å². The minimum atomic E-state index is -0.574. The average Bonchev–Trinajstić information content (AvgIpc) is 2.61. The first-order valence-electron chi connectivity index (χ1n) is 8.46. The molecule has 0 radical (unpaired) electrons. The number of ether oxygens (including phenoxy) is 1. The van der Waals surface area contributed by atoms with E-state index in [1.807, 2.05) is 11.0 Å². The van der Waals surface area contributed by atoms with Gasteiger partial charge >= 0.3 is 5.69 Å². The number of methoxy groups -OCH3 is 1. The highest BCUT2D eigenvalue weighted by Crippen LogP contribution is 2.35. The van der Waals surface area contributed by atoms with Gasteiger partial charge in [0, 0.05) is 13.1 Å². The summed E-state index contributed by atoms with van der Waals surface area (Å²) in [5.41, 5.74) is 6.12. The lowest BCUT2D eigenvalue weighted by Gasteiger charge is -2.31. The Labute approximate surface area is 151 Å². The zero-order valence-corrected chi connectivity index (χ0v) is 14.8. The summed E-state index contributed by atoms with van der Waals surface area (Å²) in [7, 11) is 1.53. The number of para-hydroxylation sites is 2. The van der Waals surface area contributed by atoms with Crippen LogP contribution in [0.25, 0.3) is 0 Å². The number of hydrogen-bond acceptors (Lipinski definition) is 8. The molecule has 1 fully saturated rings. The van der Waals surface area contributed by atoms with Gasteiger partial charge in [-0.05, 0) is 30.9 Å². The first-order chi connectivity index (χ1) is 12.5. The SMILES string of the molecule is COc1ccccc1Nc1nc(N2CCC[C@H](C)C2)nc(N)c1[N+](=O)[O-]. The number of piperidine rings is 1. The Balaban J connectivity index is 2.02. The molecule has 1 aromatic heterocycles. The van der Waals surface area contributed by atoms with Gasteiger partial charge in [0.15, 0.2) is 0 Å². The van der Waals surface area contributed by atoms with Gasteiger partial charge in [0.1, 0.15) is 5.75 Å². The fourth-order valence-electron chi connectivity index (χ4n) is 3.12. The van der Waals surface area contributed by atoms with Gasteiger partial charge in [-0.25, -0.2) is 0 Å². The number of nitro groups is 1. The second-order valence-electron chi connectivity index (χ2n) is 6.38. The number of hydrogen-bond donors (Lipinski definition) is 2. The molecule has 1 aromatic carbocycles. The summed E-state index contributed by atoms with van der Waals surface area (Å²) in [6.07, 6.45) is 2.17. The quantitative estimate of drug-likeness (QED) is 0.618. The first-order valence-corrected chi connectivity index (χ1v) is 8.46. The third kappa shape index (κ3) is 3.61. The normalized spacial score (nSPS) is 17.0. The summed E-state index contributed by atoms with van der Waals surface area (Å²) in [5.74, 6) is 1.36. The molecule has 1 aliphatic rings. The summed E-state index contributed by atoms with van der Waals surface area (Å²) < 4.78 is 5.29. The van der Waals surface area contributed by atoms with Crippen LogP contribution in [0.2, 0.25) is 0 Å². The maximum Gasteiger partial charge on any atom is 0.353 e. The molecule has 1 saturated heterocycles. The van der Waals surface area contributed by atoms with E-state index in [1.165, 1.54) is 7.11 Å². The van der Waals surface area contributed by atoms with Crippen molar-refractivity contribution in [2.75, 3.05) is 36.1 Å². The zero-order chi connectivity index (χ0) is 18.7. The summed E-state index contributed by atoms with van der Waals surface area (Å²) >= 11 is 0. The van der Waals surface area contributed by atoms with E-state index in [-0.39, 0.29) is 17.3 Å². The Bertz CT molecular complexity index is 813. The zero-order valence-electron chi connectivity index (χ0n) is 14.8. The molecule has 0 saturated carbocycles. The maximum atomic E-state index is 11.5. The summed E-state index contributed by atoms with van der Waals surface area (Å²) in [5, 5.41) is 14.5. The molecule has 3 N–H and O–H groups in total. The van der Waals surface area contributed by atoms with Crippen LogP contribution >= 0.6 is 0 Å². The van der Waals surface area contributed by atoms with Crippen molar-refractivity contribution in [3.63, 3.8) is 0 Å². The van der Waals surface area contributed by atoms with Crippen molar-refractivity contribution >= 4 is 29.0 Å². The lowest BCUT2D eigenvalue weighted by atomic mass is 10.0. The van der Waals surface area contributed by atoms with Crippen molar-refractivity contribution in [1.82, 2.24) is 9.97 Å². The van der Waals surface area contributed by atoms with Crippen LogP contribution in [0, 0.1) is 16.0 Å². The third-order valence-electron chi connectivity index (χ3n) is 4.38. The van der Waals surface area contributed by atoms with Crippen molar-refractivity contribution in [3.05, 3.63) is 34.4 Å². The predicted molar refractivity (Wildman–Crippen MR) is 100.0 cm³/mol. The van der Waals surface area contributed by atoms with E-state index in [9.17, 15) is 10.1 Å². The van der Waals surface area contributed by atoms with Crippen LogP contribution in [0.1, 0.15) is 19.8 Å². The minimum Gasteiger partial charge on any atom is -0.495 e. The molecule has 2 aromatic rings. The van der Waals surface area contributed by atoms with E-state index < -0.39 is 4.92 Å². The Hall–Kier alpha value is -3.10.